The second kappa shape index (κ2) is 8.25. The third kappa shape index (κ3) is 4.90. The Kier molecular flexibility index (Phi) is 6.34. The van der Waals surface area contributed by atoms with Crippen LogP contribution in [0.15, 0.2) is 18.2 Å². The summed E-state index contributed by atoms with van der Waals surface area (Å²) in [4.78, 5) is 4.19. The minimum atomic E-state index is -0.507. The third-order valence-corrected chi connectivity index (χ3v) is 3.91. The number of hydrogen-bond acceptors (Lipinski definition) is 5. The van der Waals surface area contributed by atoms with Crippen molar-refractivity contribution in [1.29, 1.82) is 5.26 Å². The van der Waals surface area contributed by atoms with Crippen LogP contribution in [0, 0.1) is 17.1 Å². The molecule has 0 bridgehead atoms. The zero-order valence-electron chi connectivity index (χ0n) is 13.7. The van der Waals surface area contributed by atoms with E-state index in [4.69, 9.17) is 10.00 Å². The van der Waals surface area contributed by atoms with Gasteiger partial charge < -0.3 is 14.7 Å². The van der Waals surface area contributed by atoms with Gasteiger partial charge in [0.25, 0.3) is 0 Å². The summed E-state index contributed by atoms with van der Waals surface area (Å²) in [7, 11) is 0. The van der Waals surface area contributed by atoms with Crippen molar-refractivity contribution < 1.29 is 14.2 Å². The predicted molar refractivity (Wildman–Crippen MR) is 86.9 cm³/mol. The summed E-state index contributed by atoms with van der Waals surface area (Å²) in [6.07, 6.45) is -0.397. The first kappa shape index (κ1) is 17.7. The van der Waals surface area contributed by atoms with Crippen molar-refractivity contribution >= 4 is 5.69 Å². The lowest BCUT2D eigenvalue weighted by Crippen LogP contribution is -2.49. The van der Waals surface area contributed by atoms with Gasteiger partial charge in [-0.1, -0.05) is 6.07 Å². The summed E-state index contributed by atoms with van der Waals surface area (Å²) in [5, 5.41) is 19.1. The standard InChI is InChI=1S/C17H24FN3O2/c1-13(2)23-12-14(22)11-20-6-8-21(9-7-20)17-5-3-4-16(18)15(17)10-19/h3-5,13-14,22H,6-9,11-12H2,1-2H3. The SMILES string of the molecule is CC(C)OCC(O)CN1CCN(c2cccc(F)c2C#N)CC1. The minimum Gasteiger partial charge on any atom is -0.389 e. The highest BCUT2D eigenvalue weighted by Crippen LogP contribution is 2.23. The number of ether oxygens (including phenoxy) is 1. The molecule has 1 atom stereocenters. The van der Waals surface area contributed by atoms with Gasteiger partial charge in [-0.15, -0.1) is 0 Å². The van der Waals surface area contributed by atoms with Crippen molar-refractivity contribution in [3.8, 4) is 6.07 Å². The molecular weight excluding hydrogens is 297 g/mol. The molecule has 2 rings (SSSR count). The largest absolute Gasteiger partial charge is 0.389 e. The topological polar surface area (TPSA) is 59.7 Å². The molecule has 5 nitrogen and oxygen atoms in total. The van der Waals surface area contributed by atoms with E-state index in [2.05, 4.69) is 4.90 Å². The van der Waals surface area contributed by atoms with Gasteiger partial charge in [0, 0.05) is 32.7 Å². The molecule has 0 saturated carbocycles. The van der Waals surface area contributed by atoms with Crippen LogP contribution in [-0.4, -0.2) is 61.5 Å². The number of halogens is 1. The zero-order chi connectivity index (χ0) is 16.8. The highest BCUT2D eigenvalue weighted by Gasteiger charge is 2.22. The van der Waals surface area contributed by atoms with E-state index in [0.29, 0.717) is 31.9 Å². The average Bonchev–Trinajstić information content (AvgIpc) is 2.53. The van der Waals surface area contributed by atoms with Crippen LogP contribution < -0.4 is 4.90 Å². The molecule has 0 aromatic heterocycles. The molecule has 1 aromatic rings. The van der Waals surface area contributed by atoms with E-state index in [1.54, 1.807) is 12.1 Å². The first-order chi connectivity index (χ1) is 11.0. The van der Waals surface area contributed by atoms with Gasteiger partial charge in [-0.2, -0.15) is 5.26 Å². The van der Waals surface area contributed by atoms with Crippen molar-refractivity contribution in [3.63, 3.8) is 0 Å². The van der Waals surface area contributed by atoms with Crippen LogP contribution in [0.5, 0.6) is 0 Å². The summed E-state index contributed by atoms with van der Waals surface area (Å²) >= 11 is 0. The van der Waals surface area contributed by atoms with E-state index in [-0.39, 0.29) is 11.7 Å². The van der Waals surface area contributed by atoms with Crippen LogP contribution >= 0.6 is 0 Å². The number of hydrogen-bond donors (Lipinski definition) is 1. The van der Waals surface area contributed by atoms with Gasteiger partial charge in [0.15, 0.2) is 0 Å². The van der Waals surface area contributed by atoms with Crippen molar-refractivity contribution in [3.05, 3.63) is 29.6 Å². The summed E-state index contributed by atoms with van der Waals surface area (Å²) in [6, 6.07) is 6.66. The molecule has 1 aliphatic rings. The molecule has 1 N–H and O–H groups in total. The second-order valence-electron chi connectivity index (χ2n) is 6.07. The normalized spacial score (nSPS) is 17.3. The number of benzene rings is 1. The smallest absolute Gasteiger partial charge is 0.143 e. The van der Waals surface area contributed by atoms with Gasteiger partial charge in [0.1, 0.15) is 17.4 Å². The molecule has 23 heavy (non-hydrogen) atoms. The lowest BCUT2D eigenvalue weighted by Gasteiger charge is -2.37. The summed E-state index contributed by atoms with van der Waals surface area (Å²) < 4.78 is 19.1. The fourth-order valence-electron chi connectivity index (χ4n) is 2.71. The molecule has 1 fully saturated rings. The number of β-amino-alcohol motifs (C(OH)–C–C–N with tert-alkyl or cyclic N) is 1. The molecule has 1 saturated heterocycles. The van der Waals surface area contributed by atoms with E-state index in [9.17, 15) is 9.50 Å². The zero-order valence-corrected chi connectivity index (χ0v) is 13.7. The molecule has 0 spiro atoms. The number of piperazine rings is 1. The summed E-state index contributed by atoms with van der Waals surface area (Å²) in [5.41, 5.74) is 0.752. The molecule has 126 valence electrons. The van der Waals surface area contributed by atoms with Crippen molar-refractivity contribution in [2.75, 3.05) is 44.2 Å². The maximum Gasteiger partial charge on any atom is 0.143 e. The quantitative estimate of drug-likeness (QED) is 0.862. The number of anilines is 1. The van der Waals surface area contributed by atoms with Crippen LogP contribution in [-0.2, 0) is 4.74 Å². The number of nitrogens with zero attached hydrogens (tertiary/aromatic N) is 3. The Balaban J connectivity index is 1.87. The third-order valence-electron chi connectivity index (χ3n) is 3.91. The highest BCUT2D eigenvalue weighted by molar-refractivity contribution is 5.60. The number of nitriles is 1. The van der Waals surface area contributed by atoms with Crippen molar-refractivity contribution in [2.45, 2.75) is 26.1 Å². The molecule has 6 heteroatoms. The van der Waals surface area contributed by atoms with Gasteiger partial charge in [-0.3, -0.25) is 4.90 Å². The van der Waals surface area contributed by atoms with Crippen LogP contribution in [0.2, 0.25) is 0 Å². The van der Waals surface area contributed by atoms with E-state index >= 15 is 0 Å². The maximum absolute atomic E-state index is 13.7. The molecule has 0 amide bonds. The maximum atomic E-state index is 13.7. The van der Waals surface area contributed by atoms with E-state index in [1.807, 2.05) is 24.8 Å². The number of rotatable bonds is 6. The summed E-state index contributed by atoms with van der Waals surface area (Å²) in [5.74, 6) is -0.478. The Morgan fingerprint density at radius 3 is 2.61 bits per heavy atom. The number of aliphatic hydroxyl groups is 1. The Bertz CT molecular complexity index is 551. The Labute approximate surface area is 136 Å². The minimum absolute atomic E-state index is 0.103. The van der Waals surface area contributed by atoms with Crippen LogP contribution in [0.3, 0.4) is 0 Å². The fraction of sp³-hybridized carbons (Fsp3) is 0.588. The molecule has 1 unspecified atom stereocenters. The van der Waals surface area contributed by atoms with Gasteiger partial charge in [-0.25, -0.2) is 4.39 Å². The molecule has 0 radical (unpaired) electrons. The second-order valence-corrected chi connectivity index (χ2v) is 6.07. The van der Waals surface area contributed by atoms with Crippen molar-refractivity contribution in [2.24, 2.45) is 0 Å². The lowest BCUT2D eigenvalue weighted by atomic mass is 10.1. The van der Waals surface area contributed by atoms with E-state index in [0.717, 1.165) is 13.1 Å². The lowest BCUT2D eigenvalue weighted by molar-refractivity contribution is -0.00899. The van der Waals surface area contributed by atoms with Crippen LogP contribution in [0.4, 0.5) is 10.1 Å². The van der Waals surface area contributed by atoms with Crippen LogP contribution in [0.1, 0.15) is 19.4 Å². The first-order valence-corrected chi connectivity index (χ1v) is 7.97. The number of aliphatic hydroxyl groups excluding tert-OH is 1. The van der Waals surface area contributed by atoms with E-state index in [1.165, 1.54) is 6.07 Å². The Hall–Kier alpha value is -1.68. The van der Waals surface area contributed by atoms with Gasteiger partial charge in [0.2, 0.25) is 0 Å². The average molecular weight is 321 g/mol. The molecule has 1 aromatic carbocycles. The predicted octanol–water partition coefficient (Wildman–Crippen LogP) is 1.61. The Morgan fingerprint density at radius 1 is 1.30 bits per heavy atom. The van der Waals surface area contributed by atoms with Gasteiger partial charge >= 0.3 is 0 Å². The van der Waals surface area contributed by atoms with Crippen molar-refractivity contribution in [1.82, 2.24) is 4.90 Å². The highest BCUT2D eigenvalue weighted by atomic mass is 19.1. The molecular formula is C17H24FN3O2. The van der Waals surface area contributed by atoms with Gasteiger partial charge in [0.05, 0.1) is 24.5 Å². The van der Waals surface area contributed by atoms with Crippen LogP contribution in [0.25, 0.3) is 0 Å². The fourth-order valence-corrected chi connectivity index (χ4v) is 2.71. The van der Waals surface area contributed by atoms with Gasteiger partial charge in [-0.05, 0) is 26.0 Å². The molecule has 1 aliphatic heterocycles. The summed E-state index contributed by atoms with van der Waals surface area (Å²) in [6.45, 7) is 7.72. The Morgan fingerprint density at radius 2 is 2.00 bits per heavy atom. The molecule has 0 aliphatic carbocycles. The first-order valence-electron chi connectivity index (χ1n) is 7.97. The molecule has 1 heterocycles. The van der Waals surface area contributed by atoms with E-state index < -0.39 is 11.9 Å². The monoisotopic (exact) mass is 321 g/mol.